The topological polar surface area (TPSA) is 55.8 Å². The van der Waals surface area contributed by atoms with Gasteiger partial charge in [-0.2, -0.15) is 0 Å². The fourth-order valence-corrected chi connectivity index (χ4v) is 5.19. The summed E-state index contributed by atoms with van der Waals surface area (Å²) in [6.07, 6.45) is 51.2. The third kappa shape index (κ3) is 36.6. The van der Waals surface area contributed by atoms with E-state index in [1.165, 1.54) is 109 Å². The lowest BCUT2D eigenvalue weighted by molar-refractivity contribution is -0.154. The van der Waals surface area contributed by atoms with Crippen LogP contribution in [-0.2, 0) is 14.3 Å². The third-order valence-corrected chi connectivity index (χ3v) is 8.08. The van der Waals surface area contributed by atoms with Crippen molar-refractivity contribution in [3.05, 3.63) is 60.8 Å². The molecule has 0 rings (SSSR count). The molecule has 0 aromatic rings. The summed E-state index contributed by atoms with van der Waals surface area (Å²) >= 11 is 0. The van der Waals surface area contributed by atoms with Crippen molar-refractivity contribution in [2.24, 2.45) is 0 Å². The van der Waals surface area contributed by atoms with E-state index in [0.717, 1.165) is 44.9 Å². The van der Waals surface area contributed by atoms with Crippen molar-refractivity contribution >= 4 is 5.97 Å². The second-order valence-electron chi connectivity index (χ2n) is 12.6. The maximum Gasteiger partial charge on any atom is 0.306 e. The van der Waals surface area contributed by atoms with Gasteiger partial charge in [-0.25, -0.2) is 0 Å². The average Bonchev–Trinajstić information content (AvgIpc) is 3.06. The molecule has 0 saturated heterocycles. The number of aliphatic hydroxyl groups is 1. The van der Waals surface area contributed by atoms with Gasteiger partial charge in [0.2, 0.25) is 0 Å². The van der Waals surface area contributed by atoms with Crippen LogP contribution < -0.4 is 0 Å². The summed E-state index contributed by atoms with van der Waals surface area (Å²) in [5.74, 6) is -0.214. The Morgan fingerprint density at radius 2 is 0.978 bits per heavy atom. The Bertz CT molecular complexity index is 764. The zero-order valence-corrected chi connectivity index (χ0v) is 30.3. The molecule has 0 aromatic carbocycles. The van der Waals surface area contributed by atoms with Crippen molar-refractivity contribution in [1.82, 2.24) is 0 Å². The highest BCUT2D eigenvalue weighted by atomic mass is 16.6. The van der Waals surface area contributed by atoms with Crippen molar-refractivity contribution in [3.8, 4) is 0 Å². The number of carbonyl (C=O) groups is 1. The molecular formula is C42H74O4. The first-order valence-corrected chi connectivity index (χ1v) is 19.4. The van der Waals surface area contributed by atoms with E-state index in [0.29, 0.717) is 13.0 Å². The predicted molar refractivity (Wildman–Crippen MR) is 200 cm³/mol. The van der Waals surface area contributed by atoms with Crippen LogP contribution in [0.2, 0.25) is 0 Å². The van der Waals surface area contributed by atoms with Crippen molar-refractivity contribution in [2.75, 3.05) is 19.8 Å². The molecule has 4 nitrogen and oxygen atoms in total. The monoisotopic (exact) mass is 643 g/mol. The first kappa shape index (κ1) is 44.1. The number of rotatable bonds is 35. The lowest BCUT2D eigenvalue weighted by Crippen LogP contribution is -2.27. The van der Waals surface area contributed by atoms with Crippen LogP contribution in [0.1, 0.15) is 174 Å². The van der Waals surface area contributed by atoms with E-state index in [2.05, 4.69) is 74.6 Å². The summed E-state index contributed by atoms with van der Waals surface area (Å²) in [6.45, 7) is 5.19. The summed E-state index contributed by atoms with van der Waals surface area (Å²) < 4.78 is 11.1. The van der Waals surface area contributed by atoms with Gasteiger partial charge in [-0.15, -0.1) is 0 Å². The number of esters is 1. The van der Waals surface area contributed by atoms with Crippen LogP contribution in [-0.4, -0.2) is 37.0 Å². The number of ether oxygens (including phenoxy) is 2. The van der Waals surface area contributed by atoms with Gasteiger partial charge in [0.05, 0.1) is 13.2 Å². The molecule has 1 unspecified atom stereocenters. The molecule has 0 spiro atoms. The van der Waals surface area contributed by atoms with Crippen molar-refractivity contribution in [1.29, 1.82) is 0 Å². The molecule has 4 heteroatoms. The molecule has 0 radical (unpaired) electrons. The molecule has 266 valence electrons. The minimum atomic E-state index is -0.542. The Morgan fingerprint density at radius 3 is 1.50 bits per heavy atom. The summed E-state index contributed by atoms with van der Waals surface area (Å²) in [5.41, 5.74) is 0. The molecule has 46 heavy (non-hydrogen) atoms. The highest BCUT2D eigenvalue weighted by Gasteiger charge is 2.13. The number of allylic oxidation sites excluding steroid dienone is 10. The normalized spacial score (nSPS) is 13.0. The van der Waals surface area contributed by atoms with Gasteiger partial charge in [0, 0.05) is 13.0 Å². The average molecular weight is 643 g/mol. The lowest BCUT2D eigenvalue weighted by atomic mass is 10.1. The summed E-state index contributed by atoms with van der Waals surface area (Å²) in [6, 6.07) is 0. The molecule has 0 aliphatic heterocycles. The van der Waals surface area contributed by atoms with E-state index < -0.39 is 6.10 Å². The summed E-state index contributed by atoms with van der Waals surface area (Å²) in [4.78, 5) is 12.2. The van der Waals surface area contributed by atoms with Gasteiger partial charge in [0.15, 0.2) is 0 Å². The van der Waals surface area contributed by atoms with Crippen LogP contribution in [0.25, 0.3) is 0 Å². The minimum absolute atomic E-state index is 0.179. The van der Waals surface area contributed by atoms with Crippen LogP contribution >= 0.6 is 0 Å². The molecule has 0 heterocycles. The summed E-state index contributed by atoms with van der Waals surface area (Å²) in [5, 5.41) is 9.56. The van der Waals surface area contributed by atoms with Gasteiger partial charge < -0.3 is 14.6 Å². The highest BCUT2D eigenvalue weighted by molar-refractivity contribution is 5.69. The fourth-order valence-electron chi connectivity index (χ4n) is 5.19. The maximum atomic E-state index is 12.2. The van der Waals surface area contributed by atoms with Crippen LogP contribution in [0.5, 0.6) is 0 Å². The van der Waals surface area contributed by atoms with Gasteiger partial charge in [-0.3, -0.25) is 4.79 Å². The largest absolute Gasteiger partial charge is 0.457 e. The first-order chi connectivity index (χ1) is 22.7. The second kappa shape index (κ2) is 39.3. The molecule has 0 bridgehead atoms. The quantitative estimate of drug-likeness (QED) is 0.0424. The minimum Gasteiger partial charge on any atom is -0.457 e. The Labute approximate surface area is 285 Å². The Morgan fingerprint density at radius 1 is 0.543 bits per heavy atom. The molecule has 0 aromatic heterocycles. The molecule has 0 aliphatic carbocycles. The van der Waals surface area contributed by atoms with Crippen LogP contribution in [0.15, 0.2) is 60.8 Å². The molecule has 0 aliphatic rings. The van der Waals surface area contributed by atoms with Gasteiger partial charge in [0.25, 0.3) is 0 Å². The molecular weight excluding hydrogens is 568 g/mol. The molecule has 0 fully saturated rings. The maximum absolute atomic E-state index is 12.2. The number of aliphatic hydroxyl groups excluding tert-OH is 1. The SMILES string of the molecule is CC/C=C\C/C=C\C/C=C\C/C=C\CCCCCCCCCCC(=O)OC(CO)COCCCCCCCC/C=C\CCCCC. The van der Waals surface area contributed by atoms with Gasteiger partial charge in [0.1, 0.15) is 6.10 Å². The number of unbranched alkanes of at least 4 members (excludes halogenated alkanes) is 17. The Kier molecular flexibility index (Phi) is 37.6. The molecule has 0 saturated carbocycles. The fraction of sp³-hybridized carbons (Fsp3) is 0.738. The first-order valence-electron chi connectivity index (χ1n) is 19.4. The molecule has 1 N–H and O–H groups in total. The van der Waals surface area contributed by atoms with Crippen LogP contribution in [0, 0.1) is 0 Å². The van der Waals surface area contributed by atoms with Crippen molar-refractivity contribution < 1.29 is 19.4 Å². The van der Waals surface area contributed by atoms with Gasteiger partial charge >= 0.3 is 5.97 Å². The molecule has 0 amide bonds. The van der Waals surface area contributed by atoms with E-state index in [4.69, 9.17) is 9.47 Å². The third-order valence-electron chi connectivity index (χ3n) is 8.08. The van der Waals surface area contributed by atoms with Crippen LogP contribution in [0.4, 0.5) is 0 Å². The zero-order valence-electron chi connectivity index (χ0n) is 30.3. The smallest absolute Gasteiger partial charge is 0.306 e. The number of hydrogen-bond donors (Lipinski definition) is 1. The molecule has 1 atom stereocenters. The predicted octanol–water partition coefficient (Wildman–Crippen LogP) is 12.5. The van der Waals surface area contributed by atoms with E-state index in [1.54, 1.807) is 0 Å². The van der Waals surface area contributed by atoms with E-state index in [9.17, 15) is 9.90 Å². The number of carbonyl (C=O) groups excluding carboxylic acids is 1. The Hall–Kier alpha value is -1.91. The Balaban J connectivity index is 3.49. The number of hydrogen-bond acceptors (Lipinski definition) is 4. The lowest BCUT2D eigenvalue weighted by Gasteiger charge is -2.15. The van der Waals surface area contributed by atoms with Crippen molar-refractivity contribution in [3.63, 3.8) is 0 Å². The van der Waals surface area contributed by atoms with Gasteiger partial charge in [-0.05, 0) is 77.0 Å². The highest BCUT2D eigenvalue weighted by Crippen LogP contribution is 2.12. The zero-order chi connectivity index (χ0) is 33.4. The van der Waals surface area contributed by atoms with Gasteiger partial charge in [-0.1, -0.05) is 152 Å². The standard InChI is InChI=1S/C42H74O4/c1-3-5-7-9-11-13-15-17-18-19-20-21-22-23-24-25-27-29-31-33-35-37-42(44)46-41(39-43)40-45-38-36-34-32-30-28-26-16-14-12-10-8-6-4-2/h5,7,11-14,17-18,20-21,41,43H,3-4,6,8-10,15-16,19,22-40H2,1-2H3/b7-5-,13-11-,14-12-,18-17-,21-20-. The van der Waals surface area contributed by atoms with Crippen LogP contribution in [0.3, 0.4) is 0 Å². The summed E-state index contributed by atoms with van der Waals surface area (Å²) in [7, 11) is 0. The van der Waals surface area contributed by atoms with E-state index >= 15 is 0 Å². The van der Waals surface area contributed by atoms with Crippen molar-refractivity contribution in [2.45, 2.75) is 180 Å². The van der Waals surface area contributed by atoms with E-state index in [1.807, 2.05) is 0 Å². The second-order valence-corrected chi connectivity index (χ2v) is 12.6. The van der Waals surface area contributed by atoms with E-state index in [-0.39, 0.29) is 19.2 Å².